The predicted octanol–water partition coefficient (Wildman–Crippen LogP) is 2.17. The normalized spacial score (nSPS) is 12.0. The van der Waals surface area contributed by atoms with Crippen molar-refractivity contribution in [2.24, 2.45) is 5.14 Å². The van der Waals surface area contributed by atoms with Crippen LogP contribution >= 0.6 is 0 Å². The molecule has 2 N–H and O–H groups in total. The lowest BCUT2D eigenvalue weighted by atomic mass is 10.1. The number of halogens is 3. The van der Waals surface area contributed by atoms with Crippen molar-refractivity contribution in [3.8, 4) is 11.4 Å². The molecule has 0 spiro atoms. The lowest BCUT2D eigenvalue weighted by Gasteiger charge is -2.11. The lowest BCUT2D eigenvalue weighted by Crippen LogP contribution is -2.18. The molecule has 0 fully saturated rings. The summed E-state index contributed by atoms with van der Waals surface area (Å²) in [6.45, 7) is 0. The van der Waals surface area contributed by atoms with E-state index in [9.17, 15) is 26.4 Å². The van der Waals surface area contributed by atoms with Crippen LogP contribution in [0, 0.1) is 0 Å². The summed E-state index contributed by atoms with van der Waals surface area (Å²) < 4.78 is 69.1. The fraction of sp³-hybridized carbons (Fsp3) is 0.118. The fourth-order valence-corrected chi connectivity index (χ4v) is 3.04. The Morgan fingerprint density at radius 3 is 2.14 bits per heavy atom. The largest absolute Gasteiger partial charge is 0.497 e. The molecule has 1 heterocycles. The first-order chi connectivity index (χ1) is 13.5. The van der Waals surface area contributed by atoms with Gasteiger partial charge in [0.05, 0.1) is 17.7 Å². The molecule has 0 bridgehead atoms. The lowest BCUT2D eigenvalue weighted by molar-refractivity contribution is -0.143. The Morgan fingerprint density at radius 2 is 1.66 bits per heavy atom. The van der Waals surface area contributed by atoms with Gasteiger partial charge in [0.15, 0.2) is 11.4 Å². The third-order valence-corrected chi connectivity index (χ3v) is 4.85. The Hall–Kier alpha value is -3.25. The van der Waals surface area contributed by atoms with Crippen molar-refractivity contribution in [3.05, 3.63) is 65.5 Å². The van der Waals surface area contributed by atoms with E-state index in [4.69, 9.17) is 9.88 Å². The Labute approximate surface area is 162 Å². The molecule has 0 aliphatic rings. The highest BCUT2D eigenvalue weighted by molar-refractivity contribution is 7.89. The number of nitrogens with zero attached hydrogens (tertiary/aromatic N) is 3. The minimum Gasteiger partial charge on any atom is -0.497 e. The van der Waals surface area contributed by atoms with Crippen molar-refractivity contribution < 1.29 is 31.1 Å². The number of ether oxygens (including phenoxy) is 1. The number of benzene rings is 2. The minimum atomic E-state index is -4.96. The number of aromatic nitrogens is 3. The van der Waals surface area contributed by atoms with Crippen LogP contribution in [0.4, 0.5) is 13.2 Å². The third kappa shape index (κ3) is 4.12. The molecule has 0 aliphatic heterocycles. The highest BCUT2D eigenvalue weighted by Gasteiger charge is 2.42. The molecule has 0 saturated carbocycles. The molecule has 29 heavy (non-hydrogen) atoms. The van der Waals surface area contributed by atoms with Crippen LogP contribution in [0.15, 0.2) is 53.4 Å². The number of nitrogens with two attached hydrogens (primary N) is 1. The van der Waals surface area contributed by atoms with Gasteiger partial charge in [-0.25, -0.2) is 18.2 Å². The first-order valence-electron chi connectivity index (χ1n) is 7.87. The van der Waals surface area contributed by atoms with Crippen LogP contribution in [-0.4, -0.2) is 36.3 Å². The van der Waals surface area contributed by atoms with E-state index in [2.05, 4.69) is 10.3 Å². The Bertz CT molecular complexity index is 1150. The predicted molar refractivity (Wildman–Crippen MR) is 94.2 cm³/mol. The molecule has 0 unspecified atom stereocenters. The molecule has 1 aromatic heterocycles. The van der Waals surface area contributed by atoms with Crippen LogP contribution < -0.4 is 9.88 Å². The summed E-state index contributed by atoms with van der Waals surface area (Å²) in [5.74, 6) is -0.552. The van der Waals surface area contributed by atoms with Crippen LogP contribution in [0.3, 0.4) is 0 Å². The topological polar surface area (TPSA) is 117 Å². The van der Waals surface area contributed by atoms with Crippen LogP contribution in [0.5, 0.6) is 5.75 Å². The van der Waals surface area contributed by atoms with E-state index in [1.165, 1.54) is 31.4 Å². The van der Waals surface area contributed by atoms with Crippen LogP contribution in [-0.2, 0) is 16.2 Å². The van der Waals surface area contributed by atoms with E-state index in [1.54, 1.807) is 0 Å². The Morgan fingerprint density at radius 1 is 1.07 bits per heavy atom. The number of methoxy groups -OCH3 is 1. The van der Waals surface area contributed by atoms with Crippen molar-refractivity contribution in [1.29, 1.82) is 0 Å². The molecule has 3 rings (SSSR count). The van der Waals surface area contributed by atoms with Crippen molar-refractivity contribution in [3.63, 3.8) is 0 Å². The first-order valence-corrected chi connectivity index (χ1v) is 9.42. The molecule has 3 aromatic rings. The van der Waals surface area contributed by atoms with Crippen molar-refractivity contribution in [2.75, 3.05) is 7.11 Å². The number of hydrogen-bond acceptors (Lipinski definition) is 6. The maximum Gasteiger partial charge on any atom is 0.435 e. The van der Waals surface area contributed by atoms with Gasteiger partial charge in [-0.2, -0.15) is 13.2 Å². The van der Waals surface area contributed by atoms with Crippen LogP contribution in [0.2, 0.25) is 0 Å². The molecule has 0 saturated heterocycles. The summed E-state index contributed by atoms with van der Waals surface area (Å²) in [5, 5.41) is 11.8. The number of sulfonamides is 1. The van der Waals surface area contributed by atoms with E-state index in [0.29, 0.717) is 10.4 Å². The highest BCUT2D eigenvalue weighted by atomic mass is 32.2. The van der Waals surface area contributed by atoms with Gasteiger partial charge >= 0.3 is 6.18 Å². The Balaban J connectivity index is 2.09. The van der Waals surface area contributed by atoms with E-state index in [-0.39, 0.29) is 16.1 Å². The van der Waals surface area contributed by atoms with E-state index in [0.717, 1.165) is 24.3 Å². The number of carbonyl (C=O) groups is 1. The van der Waals surface area contributed by atoms with Crippen LogP contribution in [0.25, 0.3) is 5.69 Å². The average Bonchev–Trinajstić information content (AvgIpc) is 3.12. The monoisotopic (exact) mass is 426 g/mol. The highest BCUT2D eigenvalue weighted by Crippen LogP contribution is 2.34. The second-order valence-electron chi connectivity index (χ2n) is 5.79. The molecule has 8 nitrogen and oxygen atoms in total. The molecule has 2 aromatic carbocycles. The number of rotatable bonds is 5. The number of primary sulfonamides is 1. The van der Waals surface area contributed by atoms with Gasteiger partial charge in [0.1, 0.15) is 5.75 Å². The second-order valence-corrected chi connectivity index (χ2v) is 7.35. The zero-order valence-corrected chi connectivity index (χ0v) is 15.5. The van der Waals surface area contributed by atoms with E-state index < -0.39 is 33.4 Å². The summed E-state index contributed by atoms with van der Waals surface area (Å²) in [7, 11) is -2.61. The van der Waals surface area contributed by atoms with Crippen molar-refractivity contribution >= 4 is 15.8 Å². The molecule has 0 radical (unpaired) electrons. The van der Waals surface area contributed by atoms with Gasteiger partial charge < -0.3 is 4.74 Å². The summed E-state index contributed by atoms with van der Waals surface area (Å²) in [5.41, 5.74) is -2.46. The molecule has 0 aliphatic carbocycles. The smallest absolute Gasteiger partial charge is 0.435 e. The molecule has 12 heteroatoms. The van der Waals surface area contributed by atoms with Gasteiger partial charge in [0, 0.05) is 5.56 Å². The SMILES string of the molecule is COc1ccc(C(=O)c2nnn(-c3ccc(S(N)(=O)=O)cc3)c2C(F)(F)F)cc1. The maximum atomic E-state index is 13.7. The number of hydrogen-bond donors (Lipinski definition) is 1. The van der Waals surface area contributed by atoms with Gasteiger partial charge in [0.2, 0.25) is 15.8 Å². The van der Waals surface area contributed by atoms with Gasteiger partial charge in [-0.3, -0.25) is 4.79 Å². The summed E-state index contributed by atoms with van der Waals surface area (Å²) in [4.78, 5) is 12.3. The standard InChI is InChI=1S/C17H13F3N4O4S/c1-28-12-6-2-10(3-7-12)15(25)14-16(17(18,19)20)24(23-22-14)11-4-8-13(9-5-11)29(21,26)27/h2-9H,1H3,(H2,21,26,27). The number of alkyl halides is 3. The third-order valence-electron chi connectivity index (χ3n) is 3.92. The van der Waals surface area contributed by atoms with Crippen molar-refractivity contribution in [1.82, 2.24) is 15.0 Å². The van der Waals surface area contributed by atoms with Crippen molar-refractivity contribution in [2.45, 2.75) is 11.1 Å². The van der Waals surface area contributed by atoms with Gasteiger partial charge in [-0.15, -0.1) is 5.10 Å². The van der Waals surface area contributed by atoms with E-state index in [1.807, 2.05) is 0 Å². The zero-order valence-electron chi connectivity index (χ0n) is 14.7. The molecule has 0 atom stereocenters. The van der Waals surface area contributed by atoms with Gasteiger partial charge in [0.25, 0.3) is 0 Å². The minimum absolute atomic E-state index is 0.0343. The van der Waals surface area contributed by atoms with Gasteiger partial charge in [-0.1, -0.05) is 5.21 Å². The quantitative estimate of drug-likeness (QED) is 0.625. The number of ketones is 1. The summed E-state index contributed by atoms with van der Waals surface area (Å²) in [6.07, 6.45) is -4.96. The van der Waals surface area contributed by atoms with Crippen LogP contribution in [0.1, 0.15) is 21.7 Å². The molecule has 0 amide bonds. The molecular weight excluding hydrogens is 413 g/mol. The Kier molecular flexibility index (Phi) is 5.15. The molecule has 152 valence electrons. The average molecular weight is 426 g/mol. The first kappa shape index (κ1) is 20.5. The zero-order chi connectivity index (χ0) is 21.4. The van der Waals surface area contributed by atoms with E-state index >= 15 is 0 Å². The second kappa shape index (κ2) is 7.29. The summed E-state index contributed by atoms with van der Waals surface area (Å²) >= 11 is 0. The fourth-order valence-electron chi connectivity index (χ4n) is 2.53. The number of carbonyl (C=O) groups excluding carboxylic acids is 1. The van der Waals surface area contributed by atoms with Gasteiger partial charge in [-0.05, 0) is 48.5 Å². The summed E-state index contributed by atoms with van der Waals surface area (Å²) in [6, 6.07) is 9.67. The maximum absolute atomic E-state index is 13.7. The molecular formula is C17H13F3N4O4S.